The molecule has 5 nitrogen and oxygen atoms in total. The molecule has 2 aromatic rings. The van der Waals surface area contributed by atoms with E-state index in [0.717, 1.165) is 46.4 Å². The second-order valence-electron chi connectivity index (χ2n) is 5.04. The normalized spacial score (nSPS) is 18.0. The van der Waals surface area contributed by atoms with Crippen LogP contribution in [0.25, 0.3) is 0 Å². The van der Waals surface area contributed by atoms with E-state index < -0.39 is 0 Å². The van der Waals surface area contributed by atoms with Crippen LogP contribution in [0.5, 0.6) is 5.75 Å². The van der Waals surface area contributed by atoms with Crippen LogP contribution < -0.4 is 15.0 Å². The molecule has 0 aromatic carbocycles. The number of rotatable bonds is 4. The number of halogens is 1. The Balaban J connectivity index is 1.89. The molecule has 3 heterocycles. The third kappa shape index (κ3) is 3.36. The van der Waals surface area contributed by atoms with Crippen molar-refractivity contribution < 1.29 is 4.74 Å². The van der Waals surface area contributed by atoms with Crippen molar-refractivity contribution in [2.75, 3.05) is 25.0 Å². The van der Waals surface area contributed by atoms with Crippen LogP contribution in [0.2, 0.25) is 0 Å². The largest absolute Gasteiger partial charge is 0.485 e. The molecule has 0 saturated carbocycles. The fourth-order valence-corrected chi connectivity index (χ4v) is 3.33. The van der Waals surface area contributed by atoms with E-state index >= 15 is 0 Å². The second kappa shape index (κ2) is 6.29. The van der Waals surface area contributed by atoms with E-state index in [1.54, 1.807) is 17.5 Å². The van der Waals surface area contributed by atoms with Gasteiger partial charge in [0.1, 0.15) is 6.10 Å². The van der Waals surface area contributed by atoms with Crippen molar-refractivity contribution in [2.24, 2.45) is 0 Å². The number of anilines is 2. The highest BCUT2D eigenvalue weighted by molar-refractivity contribution is 9.10. The van der Waals surface area contributed by atoms with E-state index in [-0.39, 0.29) is 6.10 Å². The summed E-state index contributed by atoms with van der Waals surface area (Å²) in [7, 11) is 1.97. The van der Waals surface area contributed by atoms with E-state index in [0.29, 0.717) is 0 Å². The smallest absolute Gasteiger partial charge is 0.191 e. The van der Waals surface area contributed by atoms with Crippen molar-refractivity contribution in [3.63, 3.8) is 0 Å². The van der Waals surface area contributed by atoms with Gasteiger partial charge in [-0.3, -0.25) is 0 Å². The summed E-state index contributed by atoms with van der Waals surface area (Å²) in [6.45, 7) is 3.87. The van der Waals surface area contributed by atoms with Crippen LogP contribution in [0.15, 0.2) is 22.1 Å². The number of aromatic nitrogens is 2. The molecule has 0 amide bonds. The van der Waals surface area contributed by atoms with Gasteiger partial charge in [0.05, 0.1) is 5.69 Å². The minimum atomic E-state index is 0.200. The monoisotopic (exact) mass is 368 g/mol. The number of nitrogens with zero attached hydrogens (tertiary/aromatic N) is 3. The average molecular weight is 369 g/mol. The van der Waals surface area contributed by atoms with Crippen molar-refractivity contribution in [3.05, 3.63) is 27.8 Å². The molecule has 1 unspecified atom stereocenters. The van der Waals surface area contributed by atoms with Gasteiger partial charge in [0.15, 0.2) is 16.7 Å². The van der Waals surface area contributed by atoms with Crippen molar-refractivity contribution in [2.45, 2.75) is 19.4 Å². The van der Waals surface area contributed by atoms with Crippen molar-refractivity contribution >= 4 is 38.2 Å². The highest BCUT2D eigenvalue weighted by atomic mass is 79.9. The van der Waals surface area contributed by atoms with Crippen LogP contribution in [0.4, 0.5) is 10.9 Å². The molecule has 1 fully saturated rings. The maximum atomic E-state index is 6.12. The number of thiazole rings is 1. The molecule has 3 rings (SSSR count). The molecule has 1 atom stereocenters. The Morgan fingerprint density at radius 3 is 3.05 bits per heavy atom. The topological polar surface area (TPSA) is 50.3 Å². The molecule has 7 heteroatoms. The first-order chi connectivity index (χ1) is 10.1. The maximum Gasteiger partial charge on any atom is 0.191 e. The summed E-state index contributed by atoms with van der Waals surface area (Å²) in [5.41, 5.74) is 1.02. The van der Waals surface area contributed by atoms with Crippen molar-refractivity contribution in [3.8, 4) is 5.75 Å². The fourth-order valence-electron chi connectivity index (χ4n) is 2.25. The SMILES string of the molecule is Cc1csc(N(C)c2ncc(Br)cc2OC2CCNC2)n1. The first-order valence-electron chi connectivity index (χ1n) is 6.82. The predicted molar refractivity (Wildman–Crippen MR) is 88.8 cm³/mol. The lowest BCUT2D eigenvalue weighted by Crippen LogP contribution is -2.21. The lowest BCUT2D eigenvalue weighted by atomic mass is 10.3. The van der Waals surface area contributed by atoms with Gasteiger partial charge in [-0.05, 0) is 41.9 Å². The molecule has 0 bridgehead atoms. The van der Waals surface area contributed by atoms with Gasteiger partial charge in [0.2, 0.25) is 0 Å². The number of ether oxygens (including phenoxy) is 1. The van der Waals surface area contributed by atoms with E-state index in [2.05, 4.69) is 31.2 Å². The van der Waals surface area contributed by atoms with Gasteiger partial charge < -0.3 is 15.0 Å². The van der Waals surface area contributed by atoms with Gasteiger partial charge in [-0.25, -0.2) is 9.97 Å². The molecule has 0 radical (unpaired) electrons. The van der Waals surface area contributed by atoms with Crippen LogP contribution in [0.1, 0.15) is 12.1 Å². The summed E-state index contributed by atoms with van der Waals surface area (Å²) in [5, 5.41) is 6.26. The van der Waals surface area contributed by atoms with Gasteiger partial charge in [0.25, 0.3) is 0 Å². The predicted octanol–water partition coefficient (Wildman–Crippen LogP) is 3.12. The summed E-state index contributed by atoms with van der Waals surface area (Å²) >= 11 is 5.07. The number of hydrogen-bond acceptors (Lipinski definition) is 6. The Morgan fingerprint density at radius 2 is 2.38 bits per heavy atom. The van der Waals surface area contributed by atoms with Crippen LogP contribution in [0, 0.1) is 6.92 Å². The van der Waals surface area contributed by atoms with Crippen molar-refractivity contribution in [1.82, 2.24) is 15.3 Å². The van der Waals surface area contributed by atoms with E-state index in [4.69, 9.17) is 4.74 Å². The first-order valence-corrected chi connectivity index (χ1v) is 8.49. The Morgan fingerprint density at radius 1 is 1.52 bits per heavy atom. The number of hydrogen-bond donors (Lipinski definition) is 1. The average Bonchev–Trinajstić information content (AvgIpc) is 3.10. The quantitative estimate of drug-likeness (QED) is 0.898. The minimum absolute atomic E-state index is 0.200. The summed E-state index contributed by atoms with van der Waals surface area (Å²) in [5.74, 6) is 1.58. The second-order valence-corrected chi connectivity index (χ2v) is 6.79. The molecular weight excluding hydrogens is 352 g/mol. The zero-order chi connectivity index (χ0) is 14.8. The summed E-state index contributed by atoms with van der Waals surface area (Å²) in [6.07, 6.45) is 3.00. The molecule has 1 aliphatic rings. The maximum absolute atomic E-state index is 6.12. The Kier molecular flexibility index (Phi) is 4.42. The number of aryl methyl sites for hydroxylation is 1. The third-order valence-electron chi connectivity index (χ3n) is 3.32. The molecule has 1 saturated heterocycles. The number of pyridine rings is 1. The van der Waals surface area contributed by atoms with Gasteiger partial charge >= 0.3 is 0 Å². The molecular formula is C14H17BrN4OS. The highest BCUT2D eigenvalue weighted by Crippen LogP contribution is 2.34. The molecule has 1 aliphatic heterocycles. The first kappa shape index (κ1) is 14.7. The van der Waals surface area contributed by atoms with Gasteiger partial charge in [-0.1, -0.05) is 0 Å². The van der Waals surface area contributed by atoms with Gasteiger partial charge in [-0.2, -0.15) is 0 Å². The van der Waals surface area contributed by atoms with Crippen LogP contribution >= 0.6 is 27.3 Å². The molecule has 2 aromatic heterocycles. The van der Waals surface area contributed by atoms with E-state index in [1.165, 1.54) is 0 Å². The molecule has 0 aliphatic carbocycles. The highest BCUT2D eigenvalue weighted by Gasteiger charge is 2.21. The zero-order valence-corrected chi connectivity index (χ0v) is 14.4. The summed E-state index contributed by atoms with van der Waals surface area (Å²) in [4.78, 5) is 11.0. The summed E-state index contributed by atoms with van der Waals surface area (Å²) < 4.78 is 7.03. The van der Waals surface area contributed by atoms with E-state index in [9.17, 15) is 0 Å². The Bertz CT molecular complexity index is 627. The van der Waals surface area contributed by atoms with Gasteiger partial charge in [-0.15, -0.1) is 11.3 Å². The van der Waals surface area contributed by atoms with E-state index in [1.807, 2.05) is 30.3 Å². The Labute approximate surface area is 136 Å². The lowest BCUT2D eigenvalue weighted by molar-refractivity contribution is 0.223. The standard InChI is InChI=1S/C14H17BrN4OS/c1-9-8-21-14(18-9)19(2)13-12(5-10(15)6-17-13)20-11-3-4-16-7-11/h5-6,8,11,16H,3-4,7H2,1-2H3. The lowest BCUT2D eigenvalue weighted by Gasteiger charge is -2.21. The molecule has 0 spiro atoms. The third-order valence-corrected chi connectivity index (χ3v) is 4.79. The summed E-state index contributed by atoms with van der Waals surface area (Å²) in [6, 6.07) is 1.97. The zero-order valence-electron chi connectivity index (χ0n) is 12.0. The molecule has 1 N–H and O–H groups in total. The van der Waals surface area contributed by atoms with Crippen LogP contribution in [0.3, 0.4) is 0 Å². The minimum Gasteiger partial charge on any atom is -0.485 e. The molecule has 21 heavy (non-hydrogen) atoms. The molecule has 112 valence electrons. The van der Waals surface area contributed by atoms with Gasteiger partial charge in [0, 0.05) is 29.6 Å². The van der Waals surface area contributed by atoms with Crippen molar-refractivity contribution in [1.29, 1.82) is 0 Å². The fraction of sp³-hybridized carbons (Fsp3) is 0.429. The van der Waals surface area contributed by atoms with Crippen LogP contribution in [-0.4, -0.2) is 36.2 Å². The number of nitrogens with one attached hydrogen (secondary N) is 1. The Hall–Kier alpha value is -1.18. The van der Waals surface area contributed by atoms with Crippen LogP contribution in [-0.2, 0) is 0 Å².